The lowest BCUT2D eigenvalue weighted by atomic mass is 10.2. The molecular formula is C20H22N2O3. The molecule has 1 fully saturated rings. The minimum absolute atomic E-state index is 0.262. The Morgan fingerprint density at radius 1 is 0.960 bits per heavy atom. The smallest absolute Gasteiger partial charge is 0.410 e. The standard InChI is InChI=1S/C20H22N2O3/c23-15-17-7-9-19(10-8-17)21-11-4-12-22(14-13-21)20(24)25-16-18-5-2-1-3-6-18/h1-3,5-10,15H,4,11-14,16H2. The van der Waals surface area contributed by atoms with Crippen LogP contribution in [0, 0.1) is 0 Å². The number of amides is 1. The Kier molecular flexibility index (Phi) is 5.67. The van der Waals surface area contributed by atoms with E-state index in [1.807, 2.05) is 54.6 Å². The van der Waals surface area contributed by atoms with Crippen LogP contribution in [0.2, 0.25) is 0 Å². The number of hydrogen-bond donors (Lipinski definition) is 0. The molecule has 1 aliphatic rings. The van der Waals surface area contributed by atoms with Crippen molar-refractivity contribution in [3.8, 4) is 0 Å². The molecule has 0 N–H and O–H groups in total. The molecule has 5 heteroatoms. The lowest BCUT2D eigenvalue weighted by Crippen LogP contribution is -2.35. The van der Waals surface area contributed by atoms with Gasteiger partial charge in [-0.15, -0.1) is 0 Å². The highest BCUT2D eigenvalue weighted by Gasteiger charge is 2.20. The van der Waals surface area contributed by atoms with Gasteiger partial charge in [-0.3, -0.25) is 4.79 Å². The summed E-state index contributed by atoms with van der Waals surface area (Å²) in [5, 5.41) is 0. The molecule has 3 rings (SSSR count). The molecule has 2 aromatic carbocycles. The molecule has 0 aromatic heterocycles. The normalized spacial score (nSPS) is 14.7. The van der Waals surface area contributed by atoms with Crippen molar-refractivity contribution in [1.29, 1.82) is 0 Å². The number of carbonyl (C=O) groups excluding carboxylic acids is 2. The van der Waals surface area contributed by atoms with Gasteiger partial charge in [-0.25, -0.2) is 4.79 Å². The van der Waals surface area contributed by atoms with Gasteiger partial charge in [0.05, 0.1) is 0 Å². The van der Waals surface area contributed by atoms with Crippen LogP contribution in [0.5, 0.6) is 0 Å². The predicted octanol–water partition coefficient (Wildman–Crippen LogP) is 3.35. The van der Waals surface area contributed by atoms with E-state index in [2.05, 4.69) is 4.90 Å². The van der Waals surface area contributed by atoms with Crippen LogP contribution < -0.4 is 4.90 Å². The number of nitrogens with zero attached hydrogens (tertiary/aromatic N) is 2. The summed E-state index contributed by atoms with van der Waals surface area (Å²) in [6, 6.07) is 17.2. The van der Waals surface area contributed by atoms with E-state index in [1.54, 1.807) is 4.90 Å². The first-order chi connectivity index (χ1) is 12.3. The largest absolute Gasteiger partial charge is 0.445 e. The van der Waals surface area contributed by atoms with Gasteiger partial charge in [0.1, 0.15) is 12.9 Å². The Morgan fingerprint density at radius 3 is 2.44 bits per heavy atom. The average Bonchev–Trinajstić information content (AvgIpc) is 2.93. The second kappa shape index (κ2) is 8.33. The molecule has 5 nitrogen and oxygen atoms in total. The van der Waals surface area contributed by atoms with Gasteiger partial charge in [0.25, 0.3) is 0 Å². The van der Waals surface area contributed by atoms with E-state index in [-0.39, 0.29) is 6.09 Å². The first kappa shape index (κ1) is 17.0. The van der Waals surface area contributed by atoms with E-state index in [0.717, 1.165) is 37.0 Å². The third kappa shape index (κ3) is 4.59. The summed E-state index contributed by atoms with van der Waals surface area (Å²) in [6.07, 6.45) is 1.47. The summed E-state index contributed by atoms with van der Waals surface area (Å²) >= 11 is 0. The maximum atomic E-state index is 12.3. The van der Waals surface area contributed by atoms with Gasteiger partial charge in [-0.05, 0) is 36.2 Å². The molecule has 1 amide bonds. The van der Waals surface area contributed by atoms with Gasteiger partial charge < -0.3 is 14.5 Å². The second-order valence-corrected chi connectivity index (χ2v) is 6.08. The van der Waals surface area contributed by atoms with Gasteiger partial charge in [0, 0.05) is 37.4 Å². The van der Waals surface area contributed by atoms with Crippen molar-refractivity contribution >= 4 is 18.1 Å². The number of hydrogen-bond acceptors (Lipinski definition) is 4. The van der Waals surface area contributed by atoms with Crippen LogP contribution in [-0.4, -0.2) is 43.5 Å². The minimum atomic E-state index is -0.262. The second-order valence-electron chi connectivity index (χ2n) is 6.08. The molecule has 0 saturated carbocycles. The maximum Gasteiger partial charge on any atom is 0.410 e. The van der Waals surface area contributed by atoms with Gasteiger partial charge >= 0.3 is 6.09 Å². The number of anilines is 1. The van der Waals surface area contributed by atoms with Gasteiger partial charge in [0.2, 0.25) is 0 Å². The molecule has 1 saturated heterocycles. The van der Waals surface area contributed by atoms with Crippen LogP contribution in [0.4, 0.5) is 10.5 Å². The number of rotatable bonds is 4. The predicted molar refractivity (Wildman–Crippen MR) is 96.9 cm³/mol. The molecule has 1 heterocycles. The summed E-state index contributed by atoms with van der Waals surface area (Å²) < 4.78 is 5.42. The van der Waals surface area contributed by atoms with Gasteiger partial charge in [-0.1, -0.05) is 30.3 Å². The van der Waals surface area contributed by atoms with E-state index in [1.165, 1.54) is 0 Å². The van der Waals surface area contributed by atoms with E-state index < -0.39 is 0 Å². The van der Waals surface area contributed by atoms with Crippen molar-refractivity contribution in [3.05, 3.63) is 65.7 Å². The number of benzene rings is 2. The first-order valence-electron chi connectivity index (χ1n) is 8.52. The molecule has 25 heavy (non-hydrogen) atoms. The molecule has 0 atom stereocenters. The molecule has 2 aromatic rings. The quantitative estimate of drug-likeness (QED) is 0.802. The summed E-state index contributed by atoms with van der Waals surface area (Å²) in [6.45, 7) is 3.25. The van der Waals surface area contributed by atoms with Crippen LogP contribution in [0.3, 0.4) is 0 Å². The van der Waals surface area contributed by atoms with Crippen molar-refractivity contribution in [2.24, 2.45) is 0 Å². The highest BCUT2D eigenvalue weighted by molar-refractivity contribution is 5.75. The zero-order valence-corrected chi connectivity index (χ0v) is 14.1. The fourth-order valence-corrected chi connectivity index (χ4v) is 2.93. The lowest BCUT2D eigenvalue weighted by Gasteiger charge is -2.23. The van der Waals surface area contributed by atoms with Crippen molar-refractivity contribution in [3.63, 3.8) is 0 Å². The third-order valence-corrected chi connectivity index (χ3v) is 4.35. The van der Waals surface area contributed by atoms with Crippen molar-refractivity contribution in [2.45, 2.75) is 13.0 Å². The monoisotopic (exact) mass is 338 g/mol. The minimum Gasteiger partial charge on any atom is -0.445 e. The highest BCUT2D eigenvalue weighted by Crippen LogP contribution is 2.17. The van der Waals surface area contributed by atoms with Crippen LogP contribution in [0.1, 0.15) is 22.3 Å². The summed E-state index contributed by atoms with van der Waals surface area (Å²) in [5.74, 6) is 0. The highest BCUT2D eigenvalue weighted by atomic mass is 16.6. The summed E-state index contributed by atoms with van der Waals surface area (Å²) in [7, 11) is 0. The van der Waals surface area contributed by atoms with Gasteiger partial charge in [0.15, 0.2) is 0 Å². The lowest BCUT2D eigenvalue weighted by molar-refractivity contribution is 0.0985. The Bertz CT molecular complexity index is 701. The molecule has 0 bridgehead atoms. The SMILES string of the molecule is O=Cc1ccc(N2CCCN(C(=O)OCc3ccccc3)CC2)cc1. The topological polar surface area (TPSA) is 49.9 Å². The van der Waals surface area contributed by atoms with Crippen molar-refractivity contribution < 1.29 is 14.3 Å². The van der Waals surface area contributed by atoms with Crippen LogP contribution in [0.15, 0.2) is 54.6 Å². The molecule has 0 unspecified atom stereocenters. The Hall–Kier alpha value is -2.82. The molecule has 0 aliphatic carbocycles. The van der Waals surface area contributed by atoms with Crippen LogP contribution in [-0.2, 0) is 11.3 Å². The van der Waals surface area contributed by atoms with Gasteiger partial charge in [-0.2, -0.15) is 0 Å². The fraction of sp³-hybridized carbons (Fsp3) is 0.300. The number of carbonyl (C=O) groups is 2. The zero-order chi connectivity index (χ0) is 17.5. The van der Waals surface area contributed by atoms with E-state index >= 15 is 0 Å². The van der Waals surface area contributed by atoms with E-state index in [9.17, 15) is 9.59 Å². The number of ether oxygens (including phenoxy) is 1. The van der Waals surface area contributed by atoms with Crippen LogP contribution in [0.25, 0.3) is 0 Å². The van der Waals surface area contributed by atoms with Crippen molar-refractivity contribution in [1.82, 2.24) is 4.90 Å². The summed E-state index contributed by atoms with van der Waals surface area (Å²) in [4.78, 5) is 27.1. The Labute approximate surface area is 147 Å². The summed E-state index contributed by atoms with van der Waals surface area (Å²) in [5.41, 5.74) is 2.73. The van der Waals surface area contributed by atoms with Crippen LogP contribution >= 0.6 is 0 Å². The molecule has 0 spiro atoms. The maximum absolute atomic E-state index is 12.3. The first-order valence-corrected chi connectivity index (χ1v) is 8.52. The molecule has 0 radical (unpaired) electrons. The third-order valence-electron chi connectivity index (χ3n) is 4.35. The molecule has 130 valence electrons. The fourth-order valence-electron chi connectivity index (χ4n) is 2.93. The van der Waals surface area contributed by atoms with E-state index in [4.69, 9.17) is 4.74 Å². The van der Waals surface area contributed by atoms with E-state index in [0.29, 0.717) is 25.3 Å². The Morgan fingerprint density at radius 2 is 1.72 bits per heavy atom. The Balaban J connectivity index is 1.53. The molecular weight excluding hydrogens is 316 g/mol. The average molecular weight is 338 g/mol. The van der Waals surface area contributed by atoms with Crippen molar-refractivity contribution in [2.75, 3.05) is 31.1 Å². The molecule has 1 aliphatic heterocycles. The zero-order valence-electron chi connectivity index (χ0n) is 14.1. The number of aldehydes is 1.